The Balaban J connectivity index is 1.47. The van der Waals surface area contributed by atoms with Gasteiger partial charge in [-0.2, -0.15) is 13.2 Å². The number of H-pyrrole nitrogens is 1. The molecule has 1 aliphatic rings. The van der Waals surface area contributed by atoms with Crippen molar-refractivity contribution in [1.82, 2.24) is 19.4 Å². The Morgan fingerprint density at radius 2 is 1.71 bits per heavy atom. The van der Waals surface area contributed by atoms with E-state index in [4.69, 9.17) is 12.2 Å². The molecule has 0 spiro atoms. The van der Waals surface area contributed by atoms with Crippen molar-refractivity contribution < 1.29 is 22.4 Å². The summed E-state index contributed by atoms with van der Waals surface area (Å²) in [6.07, 6.45) is -2.11. The highest BCUT2D eigenvalue weighted by Crippen LogP contribution is 2.29. The Bertz CT molecular complexity index is 1130. The Kier molecular flexibility index (Phi) is 5.52. The summed E-state index contributed by atoms with van der Waals surface area (Å²) in [5, 5.41) is 0. The molecule has 0 aliphatic carbocycles. The van der Waals surface area contributed by atoms with Crippen molar-refractivity contribution in [3.05, 3.63) is 70.6 Å². The van der Waals surface area contributed by atoms with Crippen LogP contribution in [0.3, 0.4) is 0 Å². The maximum Gasteiger partial charge on any atom is 0.417 e. The molecule has 31 heavy (non-hydrogen) atoms. The average molecular weight is 451 g/mol. The van der Waals surface area contributed by atoms with E-state index < -0.39 is 17.6 Å². The molecule has 162 valence electrons. The number of hydrogen-bond donors (Lipinski definition) is 1. The number of imidazole rings is 1. The van der Waals surface area contributed by atoms with Crippen molar-refractivity contribution >= 4 is 23.9 Å². The molecule has 1 aromatic carbocycles. The van der Waals surface area contributed by atoms with Crippen LogP contribution in [0.2, 0.25) is 0 Å². The van der Waals surface area contributed by atoms with Gasteiger partial charge in [-0.15, -0.1) is 0 Å². The van der Waals surface area contributed by atoms with E-state index in [-0.39, 0.29) is 5.91 Å². The highest BCUT2D eigenvalue weighted by atomic mass is 32.1. The predicted octanol–water partition coefficient (Wildman–Crippen LogP) is 4.05. The SMILES string of the molecule is O=C(c1c[nH]c(=S)n1-c1ccc(F)cc1)N1CCN(c2ccc(C(F)(F)F)cn2)CC1. The number of nitrogens with zero attached hydrogens (tertiary/aromatic N) is 4. The monoisotopic (exact) mass is 451 g/mol. The topological polar surface area (TPSA) is 57.2 Å². The minimum absolute atomic E-state index is 0.253. The van der Waals surface area contributed by atoms with E-state index in [1.54, 1.807) is 9.47 Å². The number of alkyl halides is 3. The van der Waals surface area contributed by atoms with Gasteiger partial charge >= 0.3 is 6.18 Å². The molecule has 1 amide bonds. The Morgan fingerprint density at radius 1 is 1.03 bits per heavy atom. The van der Waals surface area contributed by atoms with Gasteiger partial charge in [0.2, 0.25) is 0 Å². The standard InChI is InChI=1S/C20H17F4N5OS/c21-14-2-4-15(5-3-14)29-16(12-26-19(29)31)18(30)28-9-7-27(8-10-28)17-6-1-13(11-25-17)20(22,23)24/h1-6,11-12H,7-10H2,(H,26,31). The van der Waals surface area contributed by atoms with E-state index >= 15 is 0 Å². The van der Waals surface area contributed by atoms with Crippen LogP contribution in [0.1, 0.15) is 16.1 Å². The molecular weight excluding hydrogens is 434 g/mol. The fourth-order valence-electron chi connectivity index (χ4n) is 3.41. The van der Waals surface area contributed by atoms with Gasteiger partial charge in [-0.05, 0) is 48.6 Å². The van der Waals surface area contributed by atoms with Crippen molar-refractivity contribution in [1.29, 1.82) is 0 Å². The molecule has 6 nitrogen and oxygen atoms in total. The Hall–Kier alpha value is -3.21. The number of pyridine rings is 1. The highest BCUT2D eigenvalue weighted by Gasteiger charge is 2.31. The zero-order valence-corrected chi connectivity index (χ0v) is 16.9. The van der Waals surface area contributed by atoms with Crippen molar-refractivity contribution in [2.45, 2.75) is 6.18 Å². The number of nitrogens with one attached hydrogen (secondary N) is 1. The molecule has 1 saturated heterocycles. The van der Waals surface area contributed by atoms with Crippen LogP contribution in [0.25, 0.3) is 5.69 Å². The summed E-state index contributed by atoms with van der Waals surface area (Å²) in [7, 11) is 0. The number of aromatic amines is 1. The molecule has 1 N–H and O–H groups in total. The molecule has 11 heteroatoms. The van der Waals surface area contributed by atoms with E-state index in [2.05, 4.69) is 9.97 Å². The van der Waals surface area contributed by atoms with Gasteiger partial charge in [0, 0.05) is 44.3 Å². The van der Waals surface area contributed by atoms with Gasteiger partial charge in [0.15, 0.2) is 4.77 Å². The van der Waals surface area contributed by atoms with Crippen LogP contribution in [0.5, 0.6) is 0 Å². The zero-order chi connectivity index (χ0) is 22.2. The number of piperazine rings is 1. The summed E-state index contributed by atoms with van der Waals surface area (Å²) in [6.45, 7) is 1.57. The van der Waals surface area contributed by atoms with E-state index in [0.29, 0.717) is 48.1 Å². The third-order valence-electron chi connectivity index (χ3n) is 5.05. The van der Waals surface area contributed by atoms with Gasteiger partial charge in [-0.25, -0.2) is 9.37 Å². The smallest absolute Gasteiger partial charge is 0.353 e. The number of halogens is 4. The average Bonchev–Trinajstić information content (AvgIpc) is 3.15. The molecule has 3 aromatic rings. The number of benzene rings is 1. The van der Waals surface area contributed by atoms with Gasteiger partial charge in [0.05, 0.1) is 5.56 Å². The van der Waals surface area contributed by atoms with Crippen LogP contribution in [0.4, 0.5) is 23.4 Å². The first-order valence-corrected chi connectivity index (χ1v) is 9.79. The van der Waals surface area contributed by atoms with Crippen LogP contribution in [-0.2, 0) is 6.18 Å². The number of rotatable bonds is 3. The van der Waals surface area contributed by atoms with E-state index in [1.807, 2.05) is 4.90 Å². The predicted molar refractivity (Wildman–Crippen MR) is 108 cm³/mol. The van der Waals surface area contributed by atoms with Gasteiger partial charge in [0.1, 0.15) is 17.3 Å². The van der Waals surface area contributed by atoms with E-state index in [0.717, 1.165) is 12.3 Å². The van der Waals surface area contributed by atoms with Crippen molar-refractivity contribution in [2.75, 3.05) is 31.1 Å². The molecule has 0 radical (unpaired) electrons. The summed E-state index contributed by atoms with van der Waals surface area (Å²) in [5.41, 5.74) is 0.0730. The lowest BCUT2D eigenvalue weighted by Crippen LogP contribution is -2.49. The quantitative estimate of drug-likeness (QED) is 0.482. The summed E-state index contributed by atoms with van der Waals surface area (Å²) in [4.78, 5) is 23.3. The maximum atomic E-state index is 13.3. The third-order valence-corrected chi connectivity index (χ3v) is 5.35. The van der Waals surface area contributed by atoms with Crippen LogP contribution in [-0.4, -0.2) is 51.5 Å². The number of carbonyl (C=O) groups is 1. The van der Waals surface area contributed by atoms with Gasteiger partial charge in [-0.1, -0.05) is 0 Å². The summed E-state index contributed by atoms with van der Waals surface area (Å²) >= 11 is 5.27. The fourth-order valence-corrected chi connectivity index (χ4v) is 3.68. The van der Waals surface area contributed by atoms with Gasteiger partial charge in [-0.3, -0.25) is 9.36 Å². The first-order valence-electron chi connectivity index (χ1n) is 9.38. The highest BCUT2D eigenvalue weighted by molar-refractivity contribution is 7.71. The lowest BCUT2D eigenvalue weighted by molar-refractivity contribution is -0.137. The Morgan fingerprint density at radius 3 is 2.29 bits per heavy atom. The first kappa shape index (κ1) is 21.0. The zero-order valence-electron chi connectivity index (χ0n) is 16.1. The summed E-state index contributed by atoms with van der Waals surface area (Å²) < 4.78 is 53.2. The van der Waals surface area contributed by atoms with Crippen molar-refractivity contribution in [3.63, 3.8) is 0 Å². The van der Waals surface area contributed by atoms with E-state index in [9.17, 15) is 22.4 Å². The molecule has 4 rings (SSSR count). The van der Waals surface area contributed by atoms with Crippen molar-refractivity contribution in [2.24, 2.45) is 0 Å². The normalized spacial score (nSPS) is 14.7. The maximum absolute atomic E-state index is 13.3. The summed E-state index contributed by atoms with van der Waals surface area (Å²) in [5.74, 6) is -0.223. The third kappa shape index (κ3) is 4.31. The second kappa shape index (κ2) is 8.14. The molecule has 1 fully saturated rings. The lowest BCUT2D eigenvalue weighted by atomic mass is 10.2. The number of aromatic nitrogens is 3. The van der Waals surface area contributed by atoms with E-state index in [1.165, 1.54) is 36.5 Å². The largest absolute Gasteiger partial charge is 0.417 e. The summed E-state index contributed by atoms with van der Waals surface area (Å²) in [6, 6.07) is 7.96. The molecule has 0 saturated carbocycles. The van der Waals surface area contributed by atoms with Crippen LogP contribution < -0.4 is 4.90 Å². The van der Waals surface area contributed by atoms with Gasteiger partial charge < -0.3 is 14.8 Å². The lowest BCUT2D eigenvalue weighted by Gasteiger charge is -2.35. The molecule has 0 atom stereocenters. The molecular formula is C20H17F4N5OS. The molecule has 1 aliphatic heterocycles. The minimum Gasteiger partial charge on any atom is -0.353 e. The molecule has 0 unspecified atom stereocenters. The van der Waals surface area contributed by atoms with Crippen LogP contribution >= 0.6 is 12.2 Å². The first-order chi connectivity index (χ1) is 14.7. The molecule has 3 heterocycles. The molecule has 0 bridgehead atoms. The van der Waals surface area contributed by atoms with Crippen LogP contribution in [0.15, 0.2) is 48.8 Å². The number of carbonyl (C=O) groups excluding carboxylic acids is 1. The molecule has 2 aromatic heterocycles. The van der Waals surface area contributed by atoms with Gasteiger partial charge in [0.25, 0.3) is 5.91 Å². The van der Waals surface area contributed by atoms with Crippen LogP contribution in [0, 0.1) is 10.6 Å². The van der Waals surface area contributed by atoms with Crippen molar-refractivity contribution in [3.8, 4) is 5.69 Å². The fraction of sp³-hybridized carbons (Fsp3) is 0.250. The second-order valence-corrected chi connectivity index (χ2v) is 7.36. The number of amides is 1. The number of anilines is 1. The second-order valence-electron chi connectivity index (χ2n) is 6.97. The minimum atomic E-state index is -4.43. The number of hydrogen-bond acceptors (Lipinski definition) is 4. The Labute approximate surface area is 179 Å².